The van der Waals surface area contributed by atoms with Gasteiger partial charge in [-0.05, 0) is 12.3 Å². The molecule has 0 aliphatic rings. The molecule has 0 amide bonds. The van der Waals surface area contributed by atoms with Crippen molar-refractivity contribution in [3.05, 3.63) is 0 Å². The second-order valence-corrected chi connectivity index (χ2v) is 7.66. The number of hydrogen-bond donors (Lipinski definition) is 4. The summed E-state index contributed by atoms with van der Waals surface area (Å²) in [6.07, 6.45) is 5.95. The number of aliphatic carboxylic acids is 1. The smallest absolute Gasteiger partial charge is 1.00 e. The molecule has 0 radical (unpaired) electrons. The van der Waals surface area contributed by atoms with Crippen LogP contribution in [-0.2, 0) is 25.0 Å². The van der Waals surface area contributed by atoms with Gasteiger partial charge in [0.25, 0.3) is 9.05 Å². The zero-order valence-corrected chi connectivity index (χ0v) is 16.8. The summed E-state index contributed by atoms with van der Waals surface area (Å²) in [5.41, 5.74) is 0. The van der Waals surface area contributed by atoms with Crippen LogP contribution in [0.15, 0.2) is 0 Å². The molecule has 0 heterocycles. The molecule has 20 heavy (non-hydrogen) atoms. The van der Waals surface area contributed by atoms with Crippen LogP contribution in [0.3, 0.4) is 0 Å². The fourth-order valence-electron chi connectivity index (χ4n) is 1.41. The van der Waals surface area contributed by atoms with E-state index < -0.39 is 15.0 Å². The Labute approximate surface area is 155 Å². The van der Waals surface area contributed by atoms with Crippen LogP contribution in [0.1, 0.15) is 53.8 Å². The van der Waals surface area contributed by atoms with E-state index in [2.05, 4.69) is 37.7 Å². The van der Waals surface area contributed by atoms with Crippen molar-refractivity contribution in [1.29, 1.82) is 0 Å². The molecule has 0 aromatic rings. The van der Waals surface area contributed by atoms with Gasteiger partial charge in [-0.25, -0.2) is 0 Å². The number of carboxylic acid groups (broad SMARTS) is 1. The Bertz CT molecular complexity index is 331. The molecular weight excluding hydrogens is 331 g/mol. The Morgan fingerprint density at radius 3 is 2.00 bits per heavy atom. The van der Waals surface area contributed by atoms with Crippen molar-refractivity contribution in [2.75, 3.05) is 0 Å². The molecule has 0 fully saturated rings. The van der Waals surface area contributed by atoms with Crippen LogP contribution in [0, 0.1) is 5.92 Å². The molecule has 1 atom stereocenters. The second-order valence-electron chi connectivity index (χ2n) is 4.73. The first-order valence-electron chi connectivity index (χ1n) is 6.12. The largest absolute Gasteiger partial charge is 1.00 e. The van der Waals surface area contributed by atoms with Crippen LogP contribution in [0.2, 0.25) is 0 Å². The van der Waals surface area contributed by atoms with Gasteiger partial charge in [0, 0.05) is 16.4 Å². The Kier molecular flexibility index (Phi) is 19.6. The molecule has 0 aliphatic carbocycles. The molecule has 0 bridgehead atoms. The summed E-state index contributed by atoms with van der Waals surface area (Å²) in [6.45, 7) is 4.46. The standard InChI is InChI=1S/C11H22O2S.Na.H2O3S2.H/c1-9(2)6-4-3-5-7-10(14)8-11(12)13;;1-5(2,3)4;/h9-10,14H,3-8H2,1-2H3,(H,12,13);;(H2,1,2,3,4);/q;+1;;-1. The van der Waals surface area contributed by atoms with Gasteiger partial charge in [0.2, 0.25) is 0 Å². The van der Waals surface area contributed by atoms with Crippen molar-refractivity contribution >= 4 is 38.8 Å². The predicted octanol–water partition coefficient (Wildman–Crippen LogP) is 0.161. The molecule has 3 N–H and O–H groups in total. The molecule has 0 aliphatic heterocycles. The first kappa shape index (κ1) is 26.0. The van der Waals surface area contributed by atoms with Crippen LogP contribution < -0.4 is 29.6 Å². The Balaban J connectivity index is -0.000000179. The minimum atomic E-state index is -3.83. The van der Waals surface area contributed by atoms with Gasteiger partial charge in [0.1, 0.15) is 0 Å². The van der Waals surface area contributed by atoms with Gasteiger partial charge in [-0.15, -0.1) is 0 Å². The first-order valence-corrected chi connectivity index (χ1v) is 9.03. The van der Waals surface area contributed by atoms with Crippen molar-refractivity contribution < 1.29 is 54.2 Å². The zero-order valence-electron chi connectivity index (χ0n) is 13.3. The Morgan fingerprint density at radius 2 is 1.65 bits per heavy atom. The number of hydrogen-bond acceptors (Lipinski definition) is 4. The van der Waals surface area contributed by atoms with Gasteiger partial charge in [-0.1, -0.05) is 39.5 Å². The van der Waals surface area contributed by atoms with E-state index in [4.69, 9.17) is 18.4 Å². The normalized spacial score (nSPS) is 12.1. The third-order valence-electron chi connectivity index (χ3n) is 2.23. The maximum absolute atomic E-state index is 10.3. The third kappa shape index (κ3) is 36.5. The van der Waals surface area contributed by atoms with Crippen LogP contribution >= 0.6 is 12.6 Å². The molecular formula is C11H25NaO5S3. The summed E-state index contributed by atoms with van der Waals surface area (Å²) in [7, 11) is -3.83. The summed E-state index contributed by atoms with van der Waals surface area (Å²) in [5, 5.41) is 8.54. The van der Waals surface area contributed by atoms with E-state index in [9.17, 15) is 4.79 Å². The zero-order chi connectivity index (χ0) is 15.5. The third-order valence-corrected chi connectivity index (χ3v) is 2.67. The minimum Gasteiger partial charge on any atom is -1.00 e. The van der Waals surface area contributed by atoms with Crippen LogP contribution in [0.25, 0.3) is 0 Å². The molecule has 0 aromatic heterocycles. The van der Waals surface area contributed by atoms with Crippen LogP contribution in [-0.4, -0.2) is 29.6 Å². The molecule has 0 rings (SSSR count). The molecule has 5 nitrogen and oxygen atoms in total. The minimum absolute atomic E-state index is 0. The van der Waals surface area contributed by atoms with Gasteiger partial charge in [-0.3, -0.25) is 13.9 Å². The van der Waals surface area contributed by atoms with E-state index in [0.29, 0.717) is 0 Å². The van der Waals surface area contributed by atoms with Gasteiger partial charge in [0.05, 0.1) is 6.42 Å². The van der Waals surface area contributed by atoms with Crippen molar-refractivity contribution in [1.82, 2.24) is 0 Å². The van der Waals surface area contributed by atoms with E-state index in [-0.39, 0.29) is 42.7 Å². The topological polar surface area (TPSA) is 94.8 Å². The fourth-order valence-corrected chi connectivity index (χ4v) is 1.75. The van der Waals surface area contributed by atoms with Crippen molar-refractivity contribution in [3.63, 3.8) is 0 Å². The van der Waals surface area contributed by atoms with Gasteiger partial charge >= 0.3 is 35.5 Å². The van der Waals surface area contributed by atoms with E-state index >= 15 is 0 Å². The van der Waals surface area contributed by atoms with Crippen LogP contribution in [0.5, 0.6) is 0 Å². The maximum Gasteiger partial charge on any atom is 1.00 e. The Morgan fingerprint density at radius 1 is 1.25 bits per heavy atom. The number of rotatable bonds is 8. The molecule has 0 aromatic carbocycles. The van der Waals surface area contributed by atoms with Crippen molar-refractivity contribution in [3.8, 4) is 0 Å². The number of thiol groups is 1. The fraction of sp³-hybridized carbons (Fsp3) is 0.909. The number of carboxylic acids is 1. The SMILES string of the molecule is CC(C)CCCCCC(S)CC(=O)O.O=S(O)(O)=S.[H-].[Na+]. The number of unbranched alkanes of at least 4 members (excludes halogenated alkanes) is 2. The molecule has 118 valence electrons. The monoisotopic (exact) mass is 356 g/mol. The molecule has 1 unspecified atom stereocenters. The van der Waals surface area contributed by atoms with E-state index in [1.165, 1.54) is 19.3 Å². The molecule has 0 saturated heterocycles. The average Bonchev–Trinajstić information content (AvgIpc) is 2.12. The predicted molar refractivity (Wildman–Crippen MR) is 84.8 cm³/mol. The maximum atomic E-state index is 10.3. The number of carbonyl (C=O) groups is 1. The summed E-state index contributed by atoms with van der Waals surface area (Å²) < 4.78 is 24.0. The van der Waals surface area contributed by atoms with Crippen LogP contribution in [0.4, 0.5) is 0 Å². The quantitative estimate of drug-likeness (QED) is 0.281. The van der Waals surface area contributed by atoms with Gasteiger partial charge in [0.15, 0.2) is 0 Å². The molecule has 9 heteroatoms. The summed E-state index contributed by atoms with van der Waals surface area (Å²) in [5.74, 6) is 0.0352. The van der Waals surface area contributed by atoms with Crippen molar-refractivity contribution in [2.24, 2.45) is 5.92 Å². The van der Waals surface area contributed by atoms with Crippen molar-refractivity contribution in [2.45, 2.75) is 57.6 Å². The van der Waals surface area contributed by atoms with E-state index in [1.54, 1.807) is 0 Å². The average molecular weight is 357 g/mol. The van der Waals surface area contributed by atoms with Gasteiger partial charge in [-0.2, -0.15) is 16.8 Å². The molecule has 0 spiro atoms. The second kappa shape index (κ2) is 15.0. The summed E-state index contributed by atoms with van der Waals surface area (Å²) in [4.78, 5) is 10.3. The first-order chi connectivity index (χ1) is 8.52. The van der Waals surface area contributed by atoms with E-state index in [0.717, 1.165) is 18.8 Å². The molecule has 0 saturated carbocycles. The van der Waals surface area contributed by atoms with Gasteiger partial charge < -0.3 is 6.53 Å². The summed E-state index contributed by atoms with van der Waals surface area (Å²) in [6, 6.07) is 0. The summed E-state index contributed by atoms with van der Waals surface area (Å²) >= 11 is 7.70. The Hall–Kier alpha value is 1.11. The van der Waals surface area contributed by atoms with E-state index in [1.807, 2.05) is 0 Å².